The minimum atomic E-state index is -0.390. The monoisotopic (exact) mass is 359 g/mol. The molecule has 0 spiro atoms. The Hall–Kier alpha value is -3.40. The first-order valence-electron chi connectivity index (χ1n) is 8.83. The molecule has 0 bridgehead atoms. The topological polar surface area (TPSA) is 55.4 Å². The van der Waals surface area contributed by atoms with Gasteiger partial charge in [0.2, 0.25) is 0 Å². The van der Waals surface area contributed by atoms with Crippen LogP contribution in [0.5, 0.6) is 0 Å². The van der Waals surface area contributed by atoms with Crippen molar-refractivity contribution in [2.24, 2.45) is 0 Å². The van der Waals surface area contributed by atoms with Crippen LogP contribution in [0.25, 0.3) is 11.1 Å². The van der Waals surface area contributed by atoms with Crippen molar-refractivity contribution in [2.75, 3.05) is 11.9 Å². The number of benzene rings is 3. The molecule has 0 unspecified atom stereocenters. The van der Waals surface area contributed by atoms with Gasteiger partial charge in [0.1, 0.15) is 0 Å². The van der Waals surface area contributed by atoms with Crippen LogP contribution in [0.15, 0.2) is 72.8 Å². The van der Waals surface area contributed by atoms with Crippen LogP contribution in [0.1, 0.15) is 33.2 Å². The molecule has 0 saturated carbocycles. The Morgan fingerprint density at radius 2 is 1.52 bits per heavy atom. The van der Waals surface area contributed by atoms with Crippen LogP contribution in [0.4, 0.5) is 5.69 Å². The van der Waals surface area contributed by atoms with Gasteiger partial charge >= 0.3 is 5.97 Å². The second kappa shape index (κ2) is 8.32. The molecule has 0 atom stereocenters. The lowest BCUT2D eigenvalue weighted by Gasteiger charge is -2.12. The number of ether oxygens (including phenoxy) is 1. The maximum absolute atomic E-state index is 12.6. The number of carbonyl (C=O) groups excluding carboxylic acids is 2. The third-order valence-corrected chi connectivity index (χ3v) is 4.33. The summed E-state index contributed by atoms with van der Waals surface area (Å²) in [7, 11) is 0. The Labute approximate surface area is 158 Å². The lowest BCUT2D eigenvalue weighted by molar-refractivity contribution is 0.0525. The molecule has 0 aliphatic heterocycles. The van der Waals surface area contributed by atoms with Crippen LogP contribution in [0, 0.1) is 6.92 Å². The summed E-state index contributed by atoms with van der Waals surface area (Å²) in [4.78, 5) is 24.6. The SMILES string of the molecule is CCOC(=O)c1cccc(NC(=O)c2ccc(-c3ccccc3)cc2)c1C. The molecule has 0 aliphatic rings. The molecular weight excluding hydrogens is 338 g/mol. The second-order valence-corrected chi connectivity index (χ2v) is 6.10. The van der Waals surface area contributed by atoms with E-state index in [0.717, 1.165) is 11.1 Å². The van der Waals surface area contributed by atoms with Gasteiger partial charge in [0.25, 0.3) is 5.91 Å². The van der Waals surface area contributed by atoms with Crippen molar-refractivity contribution in [3.63, 3.8) is 0 Å². The van der Waals surface area contributed by atoms with Crippen LogP contribution in [0.3, 0.4) is 0 Å². The molecule has 0 aromatic heterocycles. The fraction of sp³-hybridized carbons (Fsp3) is 0.130. The van der Waals surface area contributed by atoms with E-state index in [-0.39, 0.29) is 5.91 Å². The Morgan fingerprint density at radius 3 is 2.19 bits per heavy atom. The van der Waals surface area contributed by atoms with Gasteiger partial charge in [-0.15, -0.1) is 0 Å². The number of hydrogen-bond donors (Lipinski definition) is 1. The van der Waals surface area contributed by atoms with Gasteiger partial charge < -0.3 is 10.1 Å². The summed E-state index contributed by atoms with van der Waals surface area (Å²) in [5, 5.41) is 2.88. The maximum Gasteiger partial charge on any atom is 0.338 e. The normalized spacial score (nSPS) is 10.3. The minimum Gasteiger partial charge on any atom is -0.462 e. The van der Waals surface area contributed by atoms with Gasteiger partial charge in [0, 0.05) is 11.3 Å². The minimum absolute atomic E-state index is 0.223. The van der Waals surface area contributed by atoms with E-state index in [4.69, 9.17) is 4.74 Å². The number of rotatable bonds is 5. The summed E-state index contributed by atoms with van der Waals surface area (Å²) >= 11 is 0. The molecule has 4 nitrogen and oxygen atoms in total. The fourth-order valence-electron chi connectivity index (χ4n) is 2.84. The molecule has 136 valence electrons. The first-order chi connectivity index (χ1) is 13.1. The molecule has 0 saturated heterocycles. The number of esters is 1. The highest BCUT2D eigenvalue weighted by molar-refractivity contribution is 6.05. The van der Waals surface area contributed by atoms with E-state index < -0.39 is 5.97 Å². The quantitative estimate of drug-likeness (QED) is 0.646. The van der Waals surface area contributed by atoms with Crippen molar-refractivity contribution < 1.29 is 14.3 Å². The van der Waals surface area contributed by atoms with E-state index in [1.807, 2.05) is 42.5 Å². The van der Waals surface area contributed by atoms with Gasteiger partial charge in [-0.3, -0.25) is 4.79 Å². The summed E-state index contributed by atoms with van der Waals surface area (Å²) in [6.07, 6.45) is 0. The summed E-state index contributed by atoms with van der Waals surface area (Å²) < 4.78 is 5.06. The lowest BCUT2D eigenvalue weighted by Crippen LogP contribution is -2.14. The van der Waals surface area contributed by atoms with E-state index >= 15 is 0 Å². The van der Waals surface area contributed by atoms with Crippen LogP contribution in [-0.4, -0.2) is 18.5 Å². The number of hydrogen-bond acceptors (Lipinski definition) is 3. The molecule has 0 aliphatic carbocycles. The van der Waals surface area contributed by atoms with Crippen LogP contribution in [0.2, 0.25) is 0 Å². The predicted octanol–water partition coefficient (Wildman–Crippen LogP) is 5.09. The molecular formula is C23H21NO3. The van der Waals surface area contributed by atoms with Gasteiger partial charge in [-0.25, -0.2) is 4.79 Å². The van der Waals surface area contributed by atoms with Crippen LogP contribution < -0.4 is 5.32 Å². The highest BCUT2D eigenvalue weighted by Gasteiger charge is 2.14. The van der Waals surface area contributed by atoms with E-state index in [9.17, 15) is 9.59 Å². The molecule has 4 heteroatoms. The van der Waals surface area contributed by atoms with E-state index in [1.165, 1.54) is 0 Å². The largest absolute Gasteiger partial charge is 0.462 e. The molecule has 0 radical (unpaired) electrons. The Bertz CT molecular complexity index is 947. The molecule has 27 heavy (non-hydrogen) atoms. The molecule has 1 N–H and O–H groups in total. The highest BCUT2D eigenvalue weighted by atomic mass is 16.5. The summed E-state index contributed by atoms with van der Waals surface area (Å²) in [6, 6.07) is 22.6. The number of anilines is 1. The molecule has 3 aromatic carbocycles. The standard InChI is InChI=1S/C23H21NO3/c1-3-27-23(26)20-10-7-11-21(16(20)2)24-22(25)19-14-12-18(13-15-19)17-8-5-4-6-9-17/h4-15H,3H2,1-2H3,(H,24,25). The smallest absolute Gasteiger partial charge is 0.338 e. The molecule has 3 rings (SSSR count). The van der Waals surface area contributed by atoms with E-state index in [0.29, 0.717) is 29.0 Å². The third-order valence-electron chi connectivity index (χ3n) is 4.33. The number of amides is 1. The van der Waals surface area contributed by atoms with Crippen molar-refractivity contribution in [1.29, 1.82) is 0 Å². The van der Waals surface area contributed by atoms with Gasteiger partial charge in [0.05, 0.1) is 12.2 Å². The molecule has 3 aromatic rings. The zero-order valence-electron chi connectivity index (χ0n) is 15.4. The Kier molecular flexibility index (Phi) is 5.67. The average Bonchev–Trinajstić information content (AvgIpc) is 2.70. The number of nitrogens with one attached hydrogen (secondary N) is 1. The van der Waals surface area contributed by atoms with Crippen molar-refractivity contribution in [1.82, 2.24) is 0 Å². The summed E-state index contributed by atoms with van der Waals surface area (Å²) in [6.45, 7) is 3.86. The van der Waals surface area contributed by atoms with Crippen molar-refractivity contribution in [3.05, 3.63) is 89.5 Å². The van der Waals surface area contributed by atoms with E-state index in [2.05, 4.69) is 5.32 Å². The average molecular weight is 359 g/mol. The molecule has 0 fully saturated rings. The predicted molar refractivity (Wildman–Crippen MR) is 107 cm³/mol. The second-order valence-electron chi connectivity index (χ2n) is 6.10. The van der Waals surface area contributed by atoms with Crippen molar-refractivity contribution >= 4 is 17.6 Å². The third kappa shape index (κ3) is 4.23. The van der Waals surface area contributed by atoms with Crippen LogP contribution >= 0.6 is 0 Å². The zero-order valence-corrected chi connectivity index (χ0v) is 15.4. The summed E-state index contributed by atoms with van der Waals surface area (Å²) in [5.41, 5.74) is 4.43. The van der Waals surface area contributed by atoms with Gasteiger partial charge in [-0.1, -0.05) is 48.5 Å². The molecule has 1 amide bonds. The maximum atomic E-state index is 12.6. The Balaban J connectivity index is 1.78. The van der Waals surface area contributed by atoms with Gasteiger partial charge in [-0.2, -0.15) is 0 Å². The first-order valence-corrected chi connectivity index (χ1v) is 8.83. The van der Waals surface area contributed by atoms with Crippen LogP contribution in [-0.2, 0) is 4.74 Å². The highest BCUT2D eigenvalue weighted by Crippen LogP contribution is 2.22. The van der Waals surface area contributed by atoms with E-state index in [1.54, 1.807) is 44.2 Å². The number of carbonyl (C=O) groups is 2. The first kappa shape index (κ1) is 18.4. The summed E-state index contributed by atoms with van der Waals surface area (Å²) in [5.74, 6) is -0.614. The van der Waals surface area contributed by atoms with Crippen molar-refractivity contribution in [3.8, 4) is 11.1 Å². The van der Waals surface area contributed by atoms with Gasteiger partial charge in [-0.05, 0) is 54.8 Å². The van der Waals surface area contributed by atoms with Crippen molar-refractivity contribution in [2.45, 2.75) is 13.8 Å². The van der Waals surface area contributed by atoms with Gasteiger partial charge in [0.15, 0.2) is 0 Å². The fourth-order valence-corrected chi connectivity index (χ4v) is 2.84. The zero-order chi connectivity index (χ0) is 19.2. The Morgan fingerprint density at radius 1 is 0.852 bits per heavy atom. The molecule has 0 heterocycles. The lowest BCUT2D eigenvalue weighted by atomic mass is 10.0.